The van der Waals surface area contributed by atoms with Gasteiger partial charge in [-0.15, -0.1) is 0 Å². The molecule has 118 valence electrons. The third-order valence-electron chi connectivity index (χ3n) is 3.19. The van der Waals surface area contributed by atoms with Gasteiger partial charge in [-0.2, -0.15) is 0 Å². The van der Waals surface area contributed by atoms with E-state index in [0.717, 1.165) is 18.7 Å². The van der Waals surface area contributed by atoms with E-state index in [9.17, 15) is 4.79 Å². The summed E-state index contributed by atoms with van der Waals surface area (Å²) in [6.07, 6.45) is 0. The Bertz CT molecular complexity index is 404. The van der Waals surface area contributed by atoms with E-state index in [1.54, 1.807) is 0 Å². The molecule has 0 radical (unpaired) electrons. The molecule has 3 heteroatoms. The Morgan fingerprint density at radius 2 is 1.57 bits per heavy atom. The summed E-state index contributed by atoms with van der Waals surface area (Å²) in [5.41, 5.74) is 1.01. The van der Waals surface area contributed by atoms with Gasteiger partial charge in [-0.25, -0.2) is 4.79 Å². The summed E-state index contributed by atoms with van der Waals surface area (Å²) in [6, 6.07) is 9.64. The lowest BCUT2D eigenvalue weighted by Crippen LogP contribution is -2.39. The highest BCUT2D eigenvalue weighted by Gasteiger charge is 2.29. The largest absolute Gasteiger partial charge is 0.465 e. The van der Waals surface area contributed by atoms with E-state index in [1.807, 2.05) is 37.3 Å². The molecular weight excluding hydrogens is 262 g/mol. The minimum atomic E-state index is -0.309. The first-order chi connectivity index (χ1) is 9.95. The highest BCUT2D eigenvalue weighted by Crippen LogP contribution is 2.24. The molecule has 1 aromatic rings. The maximum Gasteiger partial charge on any atom is 0.327 e. The second kappa shape index (κ2) is 8.83. The Kier molecular flexibility index (Phi) is 7.44. The third kappa shape index (κ3) is 5.88. The van der Waals surface area contributed by atoms with Gasteiger partial charge in [-0.1, -0.05) is 58.0 Å². The van der Waals surface area contributed by atoms with Gasteiger partial charge in [-0.3, -0.25) is 4.90 Å². The molecule has 0 aliphatic heterocycles. The van der Waals surface area contributed by atoms with Crippen LogP contribution in [0.1, 0.15) is 46.2 Å². The van der Waals surface area contributed by atoms with Crippen molar-refractivity contribution in [3.63, 3.8) is 0 Å². The first-order valence-electron chi connectivity index (χ1n) is 7.91. The highest BCUT2D eigenvalue weighted by molar-refractivity contribution is 5.77. The maximum atomic E-state index is 12.5. The smallest absolute Gasteiger partial charge is 0.327 e. The van der Waals surface area contributed by atoms with Crippen LogP contribution < -0.4 is 0 Å². The van der Waals surface area contributed by atoms with E-state index in [2.05, 4.69) is 32.6 Å². The van der Waals surface area contributed by atoms with Gasteiger partial charge in [0.1, 0.15) is 6.04 Å². The number of carbonyl (C=O) groups is 1. The number of carbonyl (C=O) groups excluding carboxylic acids is 1. The highest BCUT2D eigenvalue weighted by atomic mass is 16.5. The molecule has 0 saturated heterocycles. The summed E-state index contributed by atoms with van der Waals surface area (Å²) in [4.78, 5) is 14.7. The van der Waals surface area contributed by atoms with Gasteiger partial charge in [0.25, 0.3) is 0 Å². The van der Waals surface area contributed by atoms with Gasteiger partial charge in [0, 0.05) is 13.1 Å². The molecule has 1 atom stereocenters. The molecule has 0 spiro atoms. The van der Waals surface area contributed by atoms with Gasteiger partial charge in [0.05, 0.1) is 6.61 Å². The van der Waals surface area contributed by atoms with Crippen LogP contribution in [0.4, 0.5) is 0 Å². The minimum absolute atomic E-state index is 0.148. The van der Waals surface area contributed by atoms with Gasteiger partial charge in [0.15, 0.2) is 0 Å². The Morgan fingerprint density at radius 3 is 2.00 bits per heavy atom. The van der Waals surface area contributed by atoms with Crippen LogP contribution >= 0.6 is 0 Å². The first kappa shape index (κ1) is 17.7. The summed E-state index contributed by atoms with van der Waals surface area (Å²) in [5, 5.41) is 0. The number of ether oxygens (including phenoxy) is 1. The average Bonchev–Trinajstić information content (AvgIpc) is 2.39. The molecule has 1 aromatic carbocycles. The molecule has 0 aliphatic carbocycles. The van der Waals surface area contributed by atoms with Crippen molar-refractivity contribution in [2.45, 2.75) is 40.7 Å². The molecule has 0 saturated carbocycles. The SMILES string of the molecule is CCOC(=O)C(c1ccccc1)N(CC(C)C)CC(C)C. The summed E-state index contributed by atoms with van der Waals surface area (Å²) < 4.78 is 5.32. The summed E-state index contributed by atoms with van der Waals surface area (Å²) >= 11 is 0. The molecular formula is C18H29NO2. The molecule has 0 N–H and O–H groups in total. The summed E-state index contributed by atoms with van der Waals surface area (Å²) in [7, 11) is 0. The van der Waals surface area contributed by atoms with Crippen LogP contribution in [-0.4, -0.2) is 30.6 Å². The summed E-state index contributed by atoms with van der Waals surface area (Å²) in [6.45, 7) is 12.8. The molecule has 0 aromatic heterocycles. The standard InChI is InChI=1S/C18H29NO2/c1-6-21-18(20)17(16-10-8-7-9-11-16)19(12-14(2)3)13-15(4)5/h7-11,14-15,17H,6,12-13H2,1-5H3. The lowest BCUT2D eigenvalue weighted by molar-refractivity contribution is -0.150. The molecule has 0 heterocycles. The predicted molar refractivity (Wildman–Crippen MR) is 87.1 cm³/mol. The van der Waals surface area contributed by atoms with E-state index in [4.69, 9.17) is 4.74 Å². The van der Waals surface area contributed by atoms with Crippen LogP contribution in [0.15, 0.2) is 30.3 Å². The van der Waals surface area contributed by atoms with Crippen LogP contribution in [0.3, 0.4) is 0 Å². The normalized spacial score (nSPS) is 13.0. The average molecular weight is 291 g/mol. The molecule has 0 fully saturated rings. The Morgan fingerprint density at radius 1 is 1.05 bits per heavy atom. The fraction of sp³-hybridized carbons (Fsp3) is 0.611. The van der Waals surface area contributed by atoms with Crippen molar-refractivity contribution in [3.8, 4) is 0 Å². The van der Waals surface area contributed by atoms with Crippen LogP contribution in [0.2, 0.25) is 0 Å². The molecule has 0 aliphatic rings. The molecule has 21 heavy (non-hydrogen) atoms. The Balaban J connectivity index is 3.08. The van der Waals surface area contributed by atoms with Crippen molar-refractivity contribution in [1.29, 1.82) is 0 Å². The lowest BCUT2D eigenvalue weighted by Gasteiger charge is -2.33. The van der Waals surface area contributed by atoms with E-state index in [0.29, 0.717) is 18.4 Å². The van der Waals surface area contributed by atoms with Crippen molar-refractivity contribution < 1.29 is 9.53 Å². The molecule has 1 unspecified atom stereocenters. The third-order valence-corrected chi connectivity index (χ3v) is 3.19. The monoisotopic (exact) mass is 291 g/mol. The van der Waals surface area contributed by atoms with Crippen LogP contribution in [-0.2, 0) is 9.53 Å². The second-order valence-corrected chi connectivity index (χ2v) is 6.31. The number of hydrogen-bond acceptors (Lipinski definition) is 3. The topological polar surface area (TPSA) is 29.5 Å². The lowest BCUT2D eigenvalue weighted by atomic mass is 10.0. The second-order valence-electron chi connectivity index (χ2n) is 6.31. The fourth-order valence-electron chi connectivity index (χ4n) is 2.58. The predicted octanol–water partition coefficient (Wildman–Crippen LogP) is 3.90. The molecule has 0 amide bonds. The van der Waals surface area contributed by atoms with Crippen molar-refractivity contribution in [2.24, 2.45) is 11.8 Å². The number of benzene rings is 1. The van der Waals surface area contributed by atoms with E-state index >= 15 is 0 Å². The quantitative estimate of drug-likeness (QED) is 0.680. The van der Waals surface area contributed by atoms with Crippen molar-refractivity contribution in [1.82, 2.24) is 4.90 Å². The van der Waals surface area contributed by atoms with Crippen molar-refractivity contribution in [3.05, 3.63) is 35.9 Å². The van der Waals surface area contributed by atoms with Crippen LogP contribution in [0.5, 0.6) is 0 Å². The van der Waals surface area contributed by atoms with E-state index < -0.39 is 0 Å². The van der Waals surface area contributed by atoms with Crippen molar-refractivity contribution in [2.75, 3.05) is 19.7 Å². The van der Waals surface area contributed by atoms with Crippen molar-refractivity contribution >= 4 is 5.97 Å². The van der Waals surface area contributed by atoms with Gasteiger partial charge >= 0.3 is 5.97 Å². The van der Waals surface area contributed by atoms with Gasteiger partial charge in [-0.05, 0) is 24.3 Å². The van der Waals surface area contributed by atoms with Crippen LogP contribution in [0, 0.1) is 11.8 Å². The van der Waals surface area contributed by atoms with Crippen LogP contribution in [0.25, 0.3) is 0 Å². The van der Waals surface area contributed by atoms with E-state index in [1.165, 1.54) is 0 Å². The number of rotatable bonds is 8. The van der Waals surface area contributed by atoms with Gasteiger partial charge < -0.3 is 4.74 Å². The zero-order valence-corrected chi connectivity index (χ0v) is 14.0. The fourth-order valence-corrected chi connectivity index (χ4v) is 2.58. The number of esters is 1. The van der Waals surface area contributed by atoms with E-state index in [-0.39, 0.29) is 12.0 Å². The zero-order valence-electron chi connectivity index (χ0n) is 14.0. The zero-order chi connectivity index (χ0) is 15.8. The first-order valence-corrected chi connectivity index (χ1v) is 7.91. The minimum Gasteiger partial charge on any atom is -0.465 e. The number of hydrogen-bond donors (Lipinski definition) is 0. The Labute approximate surface area is 129 Å². The summed E-state index contributed by atoms with van der Waals surface area (Å²) in [5.74, 6) is 0.860. The maximum absolute atomic E-state index is 12.5. The Hall–Kier alpha value is -1.35. The molecule has 1 rings (SSSR count). The number of nitrogens with zero attached hydrogens (tertiary/aromatic N) is 1. The van der Waals surface area contributed by atoms with Gasteiger partial charge in [0.2, 0.25) is 0 Å². The molecule has 3 nitrogen and oxygen atoms in total. The molecule has 0 bridgehead atoms.